The Balaban J connectivity index is 0.00000242. The number of carbonyl (C=O) groups excluding carboxylic acids is 1. The number of phenolic OH excluding ortho intramolecular Hbond substituents is 1. The molecule has 0 atom stereocenters. The molecule has 0 bridgehead atoms. The average molecular weight is 325 g/mol. The van der Waals surface area contributed by atoms with Gasteiger partial charge in [-0.25, -0.2) is 9.78 Å². The normalized spacial score (nSPS) is 10.9. The lowest BCUT2D eigenvalue weighted by Gasteiger charge is -2.22. The fourth-order valence-electron chi connectivity index (χ4n) is 2.11. The molecular formula is C16H21ClN2O3. The van der Waals surface area contributed by atoms with Crippen molar-refractivity contribution >= 4 is 18.4 Å². The Morgan fingerprint density at radius 1 is 1.36 bits per heavy atom. The highest BCUT2D eigenvalue weighted by Gasteiger charge is 2.22. The summed E-state index contributed by atoms with van der Waals surface area (Å²) in [6.07, 6.45) is 3.75. The van der Waals surface area contributed by atoms with Crippen LogP contribution in [0.3, 0.4) is 0 Å². The van der Waals surface area contributed by atoms with Crippen LogP contribution in [0.25, 0.3) is 0 Å². The number of nitrogens with zero attached hydrogens (tertiary/aromatic N) is 1. The molecule has 0 aliphatic rings. The lowest BCUT2D eigenvalue weighted by molar-refractivity contribution is 0.0597. The molecule has 0 radical (unpaired) electrons. The van der Waals surface area contributed by atoms with E-state index in [0.29, 0.717) is 12.0 Å². The number of rotatable bonds is 3. The molecule has 0 amide bonds. The number of H-pyrrole nitrogens is 1. The standard InChI is InChI=1S/C16H20N2O3.ClH/c1-16(2,3)11-5-10(6-12-8-17-9-18-12)14(19)13(7-11)15(20)21-4;/h5,7-9,19H,6H2,1-4H3,(H,17,18);1H. The van der Waals surface area contributed by atoms with Crippen molar-refractivity contribution in [3.8, 4) is 5.75 Å². The van der Waals surface area contributed by atoms with Gasteiger partial charge in [0.2, 0.25) is 0 Å². The second-order valence-electron chi connectivity index (χ2n) is 6.03. The lowest BCUT2D eigenvalue weighted by atomic mass is 9.84. The molecule has 2 N–H and O–H groups in total. The first-order valence-electron chi connectivity index (χ1n) is 6.75. The van der Waals surface area contributed by atoms with Crippen LogP contribution in [0.15, 0.2) is 24.7 Å². The summed E-state index contributed by atoms with van der Waals surface area (Å²) < 4.78 is 4.76. The molecule has 22 heavy (non-hydrogen) atoms. The number of ether oxygens (including phenoxy) is 1. The summed E-state index contributed by atoms with van der Waals surface area (Å²) in [6, 6.07) is 3.61. The van der Waals surface area contributed by atoms with Crippen LogP contribution in [-0.2, 0) is 16.6 Å². The lowest BCUT2D eigenvalue weighted by Crippen LogP contribution is -2.14. The molecule has 0 aliphatic carbocycles. The van der Waals surface area contributed by atoms with Crippen LogP contribution in [0, 0.1) is 0 Å². The van der Waals surface area contributed by atoms with Crippen LogP contribution in [0.1, 0.15) is 48.0 Å². The number of carbonyl (C=O) groups is 1. The van der Waals surface area contributed by atoms with Crippen LogP contribution in [0.5, 0.6) is 5.75 Å². The van der Waals surface area contributed by atoms with Crippen LogP contribution in [-0.4, -0.2) is 28.2 Å². The van der Waals surface area contributed by atoms with Crippen molar-refractivity contribution in [1.82, 2.24) is 9.97 Å². The minimum atomic E-state index is -0.538. The van der Waals surface area contributed by atoms with Gasteiger partial charge in [-0.3, -0.25) is 0 Å². The van der Waals surface area contributed by atoms with Gasteiger partial charge in [0.25, 0.3) is 0 Å². The number of aromatic nitrogens is 2. The summed E-state index contributed by atoms with van der Waals surface area (Å²) in [5.41, 5.74) is 2.56. The van der Waals surface area contributed by atoms with Crippen LogP contribution >= 0.6 is 12.4 Å². The quantitative estimate of drug-likeness (QED) is 0.850. The van der Waals surface area contributed by atoms with Crippen molar-refractivity contribution in [2.24, 2.45) is 0 Å². The number of hydrogen-bond donors (Lipinski definition) is 2. The molecule has 120 valence electrons. The van der Waals surface area contributed by atoms with Crippen molar-refractivity contribution < 1.29 is 14.6 Å². The molecule has 6 heteroatoms. The molecule has 1 heterocycles. The van der Waals surface area contributed by atoms with Crippen molar-refractivity contribution in [1.29, 1.82) is 0 Å². The number of imidazole rings is 1. The number of hydrogen-bond acceptors (Lipinski definition) is 4. The third-order valence-corrected chi connectivity index (χ3v) is 3.40. The Morgan fingerprint density at radius 2 is 2.05 bits per heavy atom. The first-order chi connectivity index (χ1) is 9.82. The van der Waals surface area contributed by atoms with Gasteiger partial charge in [-0.15, -0.1) is 12.4 Å². The highest BCUT2D eigenvalue weighted by molar-refractivity contribution is 5.93. The van der Waals surface area contributed by atoms with E-state index < -0.39 is 5.97 Å². The van der Waals surface area contributed by atoms with Crippen LogP contribution in [0.2, 0.25) is 0 Å². The van der Waals surface area contributed by atoms with Gasteiger partial charge < -0.3 is 14.8 Å². The molecular weight excluding hydrogens is 304 g/mol. The van der Waals surface area contributed by atoms with Crippen LogP contribution < -0.4 is 0 Å². The molecule has 0 unspecified atom stereocenters. The first-order valence-corrected chi connectivity index (χ1v) is 6.75. The van der Waals surface area contributed by atoms with E-state index in [1.165, 1.54) is 7.11 Å². The molecule has 0 spiro atoms. The molecule has 0 aliphatic heterocycles. The first kappa shape index (κ1) is 18.0. The fourth-order valence-corrected chi connectivity index (χ4v) is 2.11. The van der Waals surface area contributed by atoms with Gasteiger partial charge in [-0.05, 0) is 17.0 Å². The van der Waals surface area contributed by atoms with E-state index in [-0.39, 0.29) is 29.1 Å². The summed E-state index contributed by atoms with van der Waals surface area (Å²) in [5.74, 6) is -0.575. The minimum Gasteiger partial charge on any atom is -0.507 e. The van der Waals surface area contributed by atoms with E-state index >= 15 is 0 Å². The zero-order valence-corrected chi connectivity index (χ0v) is 14.0. The number of nitrogens with one attached hydrogen (secondary N) is 1. The summed E-state index contributed by atoms with van der Waals surface area (Å²) >= 11 is 0. The Kier molecular flexibility index (Phi) is 5.60. The second-order valence-corrected chi connectivity index (χ2v) is 6.03. The molecule has 2 aromatic rings. The molecule has 1 aromatic carbocycles. The number of aromatic amines is 1. The smallest absolute Gasteiger partial charge is 0.341 e. The SMILES string of the molecule is COC(=O)c1cc(C(C)(C)C)cc(Cc2cnc[nH]2)c1O.Cl. The van der Waals surface area contributed by atoms with E-state index in [0.717, 1.165) is 11.3 Å². The number of phenols is 1. The third kappa shape index (κ3) is 3.80. The Bertz CT molecular complexity index is 646. The molecule has 1 aromatic heterocycles. The predicted octanol–water partition coefficient (Wildman–Crippen LogP) is 3.21. The Labute approximate surface area is 136 Å². The van der Waals surface area contributed by atoms with Gasteiger partial charge in [-0.1, -0.05) is 26.8 Å². The highest BCUT2D eigenvalue weighted by atomic mass is 35.5. The van der Waals surface area contributed by atoms with E-state index in [9.17, 15) is 9.90 Å². The van der Waals surface area contributed by atoms with Crippen molar-refractivity contribution in [2.75, 3.05) is 7.11 Å². The van der Waals surface area contributed by atoms with E-state index in [4.69, 9.17) is 4.74 Å². The topological polar surface area (TPSA) is 75.2 Å². The van der Waals surface area contributed by atoms with Crippen molar-refractivity contribution in [3.05, 3.63) is 47.0 Å². The number of benzene rings is 1. The number of aromatic hydroxyl groups is 1. The van der Waals surface area contributed by atoms with E-state index in [2.05, 4.69) is 30.7 Å². The third-order valence-electron chi connectivity index (χ3n) is 3.40. The number of halogens is 1. The number of esters is 1. The van der Waals surface area contributed by atoms with Gasteiger partial charge in [-0.2, -0.15) is 0 Å². The maximum absolute atomic E-state index is 11.9. The highest BCUT2D eigenvalue weighted by Crippen LogP contribution is 2.32. The monoisotopic (exact) mass is 324 g/mol. The van der Waals surface area contributed by atoms with Crippen molar-refractivity contribution in [3.63, 3.8) is 0 Å². The fraction of sp³-hybridized carbons (Fsp3) is 0.375. The molecule has 0 fully saturated rings. The van der Waals surface area contributed by atoms with Crippen molar-refractivity contribution in [2.45, 2.75) is 32.6 Å². The predicted molar refractivity (Wildman–Crippen MR) is 86.8 cm³/mol. The summed E-state index contributed by atoms with van der Waals surface area (Å²) in [4.78, 5) is 18.8. The Morgan fingerprint density at radius 3 is 2.55 bits per heavy atom. The summed E-state index contributed by atoms with van der Waals surface area (Å²) in [7, 11) is 1.31. The zero-order valence-electron chi connectivity index (χ0n) is 13.1. The van der Waals surface area contributed by atoms with E-state index in [1.807, 2.05) is 6.07 Å². The second kappa shape index (κ2) is 6.83. The van der Waals surface area contributed by atoms with Gasteiger partial charge >= 0.3 is 5.97 Å². The summed E-state index contributed by atoms with van der Waals surface area (Å²) in [5, 5.41) is 10.3. The van der Waals surface area contributed by atoms with Gasteiger partial charge in [0.15, 0.2) is 0 Å². The van der Waals surface area contributed by atoms with Gasteiger partial charge in [0.05, 0.1) is 13.4 Å². The summed E-state index contributed by atoms with van der Waals surface area (Å²) in [6.45, 7) is 6.17. The van der Waals surface area contributed by atoms with Crippen LogP contribution in [0.4, 0.5) is 0 Å². The molecule has 0 saturated carbocycles. The van der Waals surface area contributed by atoms with Gasteiger partial charge in [0, 0.05) is 23.9 Å². The van der Waals surface area contributed by atoms with E-state index in [1.54, 1.807) is 18.6 Å². The molecule has 0 saturated heterocycles. The van der Waals surface area contributed by atoms with Gasteiger partial charge in [0.1, 0.15) is 11.3 Å². The number of methoxy groups -OCH3 is 1. The largest absolute Gasteiger partial charge is 0.507 e. The average Bonchev–Trinajstić information content (AvgIpc) is 2.92. The molecule has 5 nitrogen and oxygen atoms in total. The Hall–Kier alpha value is -2.01. The minimum absolute atomic E-state index is 0. The maximum Gasteiger partial charge on any atom is 0.341 e. The maximum atomic E-state index is 11.9. The zero-order chi connectivity index (χ0) is 15.6. The molecule has 2 rings (SSSR count).